The van der Waals surface area contributed by atoms with Gasteiger partial charge in [-0.05, 0) is 71.3 Å². The van der Waals surface area contributed by atoms with Crippen molar-refractivity contribution in [2.75, 3.05) is 0 Å². The fourth-order valence-electron chi connectivity index (χ4n) is 4.11. The van der Waals surface area contributed by atoms with E-state index in [0.717, 1.165) is 21.9 Å². The zero-order valence-corrected chi connectivity index (χ0v) is 22.3. The lowest BCUT2D eigenvalue weighted by Gasteiger charge is -2.14. The van der Waals surface area contributed by atoms with Crippen molar-refractivity contribution in [3.05, 3.63) is 131 Å². The maximum atomic E-state index is 12.8. The van der Waals surface area contributed by atoms with Crippen LogP contribution in [0.1, 0.15) is 22.8 Å². The van der Waals surface area contributed by atoms with Crippen molar-refractivity contribution in [2.24, 2.45) is 5.10 Å². The van der Waals surface area contributed by atoms with Crippen molar-refractivity contribution in [3.63, 3.8) is 0 Å². The lowest BCUT2D eigenvalue weighted by molar-refractivity contribution is -0.127. The second kappa shape index (κ2) is 12.3. The summed E-state index contributed by atoms with van der Waals surface area (Å²) in [6.45, 7) is 1.65. The molecule has 1 atom stereocenters. The Morgan fingerprint density at radius 3 is 2.23 bits per heavy atom. The van der Waals surface area contributed by atoms with E-state index in [1.165, 1.54) is 6.21 Å². The SMILES string of the molecule is CC(Oc1ccc(-c2ccccc2)cc1)C(=O)N/N=C/c1c(OC(=O)c2ccc(Cl)cc2)ccc2ccccc12. The molecule has 40 heavy (non-hydrogen) atoms. The fraction of sp³-hybridized carbons (Fsp3) is 0.0606. The van der Waals surface area contributed by atoms with Crippen molar-refractivity contribution in [3.8, 4) is 22.6 Å². The Hall–Kier alpha value is -4.94. The molecule has 6 nitrogen and oxygen atoms in total. The van der Waals surface area contributed by atoms with Crippen LogP contribution in [0.25, 0.3) is 21.9 Å². The topological polar surface area (TPSA) is 77.0 Å². The van der Waals surface area contributed by atoms with Crippen LogP contribution in [0, 0.1) is 0 Å². The first-order valence-corrected chi connectivity index (χ1v) is 13.0. The molecule has 198 valence electrons. The lowest BCUT2D eigenvalue weighted by Crippen LogP contribution is -2.33. The Balaban J connectivity index is 1.28. The number of rotatable bonds is 8. The molecule has 5 rings (SSSR count). The number of halogens is 1. The van der Waals surface area contributed by atoms with Crippen LogP contribution in [-0.4, -0.2) is 24.2 Å². The molecule has 1 N–H and O–H groups in total. The summed E-state index contributed by atoms with van der Waals surface area (Å²) in [6.07, 6.45) is 0.668. The quantitative estimate of drug-likeness (QED) is 0.0955. The number of esters is 1. The van der Waals surface area contributed by atoms with Gasteiger partial charge >= 0.3 is 5.97 Å². The minimum Gasteiger partial charge on any atom is -0.481 e. The third kappa shape index (κ3) is 6.37. The average molecular weight is 549 g/mol. The van der Waals surface area contributed by atoms with Crippen LogP contribution in [0.4, 0.5) is 0 Å². The van der Waals surface area contributed by atoms with Crippen molar-refractivity contribution < 1.29 is 19.1 Å². The Bertz CT molecular complexity index is 1670. The van der Waals surface area contributed by atoms with E-state index in [1.54, 1.807) is 37.3 Å². The van der Waals surface area contributed by atoms with E-state index >= 15 is 0 Å². The smallest absolute Gasteiger partial charge is 0.343 e. The Kier molecular flexibility index (Phi) is 8.18. The Morgan fingerprint density at radius 1 is 0.800 bits per heavy atom. The van der Waals surface area contributed by atoms with E-state index < -0.39 is 18.0 Å². The van der Waals surface area contributed by atoms with Crippen LogP contribution in [0.15, 0.2) is 120 Å². The van der Waals surface area contributed by atoms with Gasteiger partial charge in [0.2, 0.25) is 0 Å². The first-order valence-electron chi connectivity index (χ1n) is 12.6. The molecular formula is C33H25ClN2O4. The molecular weight excluding hydrogens is 524 g/mol. The Morgan fingerprint density at radius 2 is 1.48 bits per heavy atom. The molecule has 0 spiro atoms. The van der Waals surface area contributed by atoms with Gasteiger partial charge in [0.1, 0.15) is 11.5 Å². The molecule has 0 aliphatic rings. The van der Waals surface area contributed by atoms with Crippen molar-refractivity contribution in [2.45, 2.75) is 13.0 Å². The highest BCUT2D eigenvalue weighted by molar-refractivity contribution is 6.30. The summed E-state index contributed by atoms with van der Waals surface area (Å²) >= 11 is 5.93. The summed E-state index contributed by atoms with van der Waals surface area (Å²) in [5.74, 6) is -0.0921. The molecule has 7 heteroatoms. The van der Waals surface area contributed by atoms with Gasteiger partial charge in [-0.1, -0.05) is 84.4 Å². The fourth-order valence-corrected chi connectivity index (χ4v) is 4.23. The van der Waals surface area contributed by atoms with Gasteiger partial charge in [0.25, 0.3) is 5.91 Å². The molecule has 1 amide bonds. The van der Waals surface area contributed by atoms with Crippen molar-refractivity contribution >= 4 is 40.5 Å². The largest absolute Gasteiger partial charge is 0.481 e. The molecule has 1 unspecified atom stereocenters. The maximum absolute atomic E-state index is 12.8. The zero-order valence-electron chi connectivity index (χ0n) is 21.6. The van der Waals surface area contributed by atoms with Crippen LogP contribution in [0.5, 0.6) is 11.5 Å². The van der Waals surface area contributed by atoms with Gasteiger partial charge in [-0.25, -0.2) is 10.2 Å². The minimum absolute atomic E-state index is 0.305. The molecule has 0 aromatic heterocycles. The number of nitrogens with zero attached hydrogens (tertiary/aromatic N) is 1. The number of nitrogens with one attached hydrogen (secondary N) is 1. The van der Waals surface area contributed by atoms with E-state index in [2.05, 4.69) is 10.5 Å². The number of carbonyl (C=O) groups is 2. The van der Waals surface area contributed by atoms with Crippen LogP contribution in [0.3, 0.4) is 0 Å². The third-order valence-corrected chi connectivity index (χ3v) is 6.48. The first-order chi connectivity index (χ1) is 19.5. The van der Waals surface area contributed by atoms with Crippen molar-refractivity contribution in [1.29, 1.82) is 0 Å². The van der Waals surface area contributed by atoms with Gasteiger partial charge in [0, 0.05) is 10.6 Å². The highest BCUT2D eigenvalue weighted by Crippen LogP contribution is 2.28. The summed E-state index contributed by atoms with van der Waals surface area (Å²) in [6, 6.07) is 35.2. The van der Waals surface area contributed by atoms with Gasteiger partial charge in [0.05, 0.1) is 11.8 Å². The monoisotopic (exact) mass is 548 g/mol. The number of fused-ring (bicyclic) bond motifs is 1. The number of hydrogen-bond acceptors (Lipinski definition) is 5. The number of ether oxygens (including phenoxy) is 2. The highest BCUT2D eigenvalue weighted by Gasteiger charge is 2.16. The molecule has 0 aliphatic heterocycles. The van der Waals surface area contributed by atoms with E-state index in [9.17, 15) is 9.59 Å². The summed E-state index contributed by atoms with van der Waals surface area (Å²) in [5, 5.41) is 6.41. The number of benzene rings is 5. The second-order valence-electron chi connectivity index (χ2n) is 8.98. The van der Waals surface area contributed by atoms with E-state index in [4.69, 9.17) is 21.1 Å². The van der Waals surface area contributed by atoms with Gasteiger partial charge < -0.3 is 9.47 Å². The maximum Gasteiger partial charge on any atom is 0.343 e. The molecule has 0 heterocycles. The van der Waals surface area contributed by atoms with Crippen LogP contribution in [0.2, 0.25) is 5.02 Å². The van der Waals surface area contributed by atoms with Gasteiger partial charge in [-0.15, -0.1) is 0 Å². The van der Waals surface area contributed by atoms with Gasteiger partial charge in [-0.2, -0.15) is 5.10 Å². The second-order valence-corrected chi connectivity index (χ2v) is 9.42. The van der Waals surface area contributed by atoms with E-state index in [0.29, 0.717) is 27.6 Å². The van der Waals surface area contributed by atoms with E-state index in [1.807, 2.05) is 84.9 Å². The third-order valence-electron chi connectivity index (χ3n) is 6.23. The normalized spacial score (nSPS) is 11.8. The summed E-state index contributed by atoms with van der Waals surface area (Å²) in [5.41, 5.74) is 5.58. The Labute approximate surface area is 236 Å². The van der Waals surface area contributed by atoms with Gasteiger partial charge in [-0.3, -0.25) is 4.79 Å². The zero-order chi connectivity index (χ0) is 27.9. The van der Waals surface area contributed by atoms with Crippen molar-refractivity contribution in [1.82, 2.24) is 5.43 Å². The molecule has 0 saturated heterocycles. The summed E-state index contributed by atoms with van der Waals surface area (Å²) in [4.78, 5) is 25.5. The minimum atomic E-state index is -0.797. The summed E-state index contributed by atoms with van der Waals surface area (Å²) in [7, 11) is 0. The highest BCUT2D eigenvalue weighted by atomic mass is 35.5. The number of hydrogen-bond donors (Lipinski definition) is 1. The molecule has 0 radical (unpaired) electrons. The number of carbonyl (C=O) groups excluding carboxylic acids is 2. The average Bonchev–Trinajstić information content (AvgIpc) is 2.99. The first kappa shape index (κ1) is 26.7. The number of amides is 1. The van der Waals surface area contributed by atoms with Crippen LogP contribution in [-0.2, 0) is 4.79 Å². The lowest BCUT2D eigenvalue weighted by atomic mass is 10.0. The predicted octanol–water partition coefficient (Wildman–Crippen LogP) is 7.30. The predicted molar refractivity (Wildman–Crippen MR) is 158 cm³/mol. The molecule has 5 aromatic carbocycles. The molecule has 0 fully saturated rings. The standard InChI is InChI=1S/C33H25ClN2O4/c1-22(39-28-18-13-24(14-19-28)23-7-3-2-4-8-23)32(37)36-35-21-30-29-10-6-5-9-25(29)15-20-31(30)40-33(38)26-11-16-27(34)17-12-26/h2-22H,1H3,(H,36,37)/b35-21+. The number of hydrazone groups is 1. The van der Waals surface area contributed by atoms with Gasteiger partial charge in [0.15, 0.2) is 6.10 Å². The molecule has 0 aliphatic carbocycles. The molecule has 0 saturated carbocycles. The molecule has 5 aromatic rings. The van der Waals surface area contributed by atoms with E-state index in [-0.39, 0.29) is 0 Å². The summed E-state index contributed by atoms with van der Waals surface area (Å²) < 4.78 is 11.5. The van der Waals surface area contributed by atoms with Crippen LogP contribution >= 0.6 is 11.6 Å². The molecule has 0 bridgehead atoms. The van der Waals surface area contributed by atoms with Crippen LogP contribution < -0.4 is 14.9 Å².